The molecular formula is C5H8ClN3O. The minimum absolute atomic E-state index is 0.384. The first kappa shape index (κ1) is 7.53. The summed E-state index contributed by atoms with van der Waals surface area (Å²) in [7, 11) is 1.54. The number of rotatable bonds is 2. The Morgan fingerprint density at radius 2 is 2.60 bits per heavy atom. The summed E-state index contributed by atoms with van der Waals surface area (Å²) < 4.78 is 0. The van der Waals surface area contributed by atoms with Crippen LogP contribution < -0.4 is 0 Å². The molecule has 0 amide bonds. The van der Waals surface area contributed by atoms with E-state index in [1.54, 1.807) is 13.2 Å². The zero-order valence-corrected chi connectivity index (χ0v) is 6.26. The molecule has 5 heteroatoms. The lowest BCUT2D eigenvalue weighted by atomic mass is 10.4. The van der Waals surface area contributed by atoms with Crippen molar-refractivity contribution in [2.75, 3.05) is 7.05 Å². The molecule has 1 rings (SSSR count). The van der Waals surface area contributed by atoms with Crippen LogP contribution in [-0.2, 0) is 6.54 Å². The summed E-state index contributed by atoms with van der Waals surface area (Å²) in [5.41, 5.74) is 0.784. The zero-order chi connectivity index (χ0) is 7.56. The van der Waals surface area contributed by atoms with Gasteiger partial charge in [-0.2, -0.15) is 10.2 Å². The van der Waals surface area contributed by atoms with E-state index >= 15 is 0 Å². The number of H-pyrrole nitrogens is 1. The number of halogens is 1. The van der Waals surface area contributed by atoms with Gasteiger partial charge in [0, 0.05) is 12.6 Å². The van der Waals surface area contributed by atoms with Gasteiger partial charge in [-0.15, -0.1) is 0 Å². The highest BCUT2D eigenvalue weighted by molar-refractivity contribution is 6.30. The fourth-order valence-electron chi connectivity index (χ4n) is 0.652. The molecule has 2 N–H and O–H groups in total. The number of aromatic nitrogens is 2. The van der Waals surface area contributed by atoms with Crippen molar-refractivity contribution >= 4 is 11.6 Å². The Balaban J connectivity index is 2.65. The second-order valence-electron chi connectivity index (χ2n) is 2.02. The third-order valence-corrected chi connectivity index (χ3v) is 1.39. The van der Waals surface area contributed by atoms with Gasteiger partial charge in [-0.25, -0.2) is 0 Å². The van der Waals surface area contributed by atoms with E-state index in [1.165, 1.54) is 0 Å². The summed E-state index contributed by atoms with van der Waals surface area (Å²) in [6.07, 6.45) is 1.58. The average molecular weight is 162 g/mol. The molecule has 56 valence electrons. The first-order chi connectivity index (χ1) is 4.70. The van der Waals surface area contributed by atoms with Crippen molar-refractivity contribution in [1.29, 1.82) is 0 Å². The van der Waals surface area contributed by atoms with Crippen LogP contribution in [0.4, 0.5) is 0 Å². The number of nitrogens with one attached hydrogen (secondary N) is 1. The van der Waals surface area contributed by atoms with Crippen LogP contribution in [0.2, 0.25) is 5.15 Å². The summed E-state index contributed by atoms with van der Waals surface area (Å²) >= 11 is 5.63. The van der Waals surface area contributed by atoms with Gasteiger partial charge in [0.2, 0.25) is 0 Å². The molecule has 1 heterocycles. The molecule has 1 aromatic heterocycles. The maximum Gasteiger partial charge on any atom is 0.128 e. The van der Waals surface area contributed by atoms with Crippen LogP contribution >= 0.6 is 11.6 Å². The highest BCUT2D eigenvalue weighted by atomic mass is 35.5. The Hall–Kier alpha value is -0.580. The second kappa shape index (κ2) is 3.01. The van der Waals surface area contributed by atoms with Gasteiger partial charge in [-0.1, -0.05) is 11.6 Å². The summed E-state index contributed by atoms with van der Waals surface area (Å²) in [4.78, 5) is 0. The molecule has 0 saturated carbocycles. The first-order valence-electron chi connectivity index (χ1n) is 2.78. The number of aromatic amines is 1. The third-order valence-electron chi connectivity index (χ3n) is 1.06. The van der Waals surface area contributed by atoms with Gasteiger partial charge in [0.15, 0.2) is 0 Å². The Kier molecular flexibility index (Phi) is 2.26. The predicted molar refractivity (Wildman–Crippen MR) is 36.9 cm³/mol. The second-order valence-corrected chi connectivity index (χ2v) is 2.40. The van der Waals surface area contributed by atoms with E-state index in [0.29, 0.717) is 11.7 Å². The monoisotopic (exact) mass is 161 g/mol. The van der Waals surface area contributed by atoms with Crippen LogP contribution in [0.1, 0.15) is 5.56 Å². The molecule has 1 aromatic rings. The van der Waals surface area contributed by atoms with Crippen LogP contribution in [-0.4, -0.2) is 27.5 Å². The molecule has 4 nitrogen and oxygen atoms in total. The van der Waals surface area contributed by atoms with Gasteiger partial charge >= 0.3 is 0 Å². The zero-order valence-electron chi connectivity index (χ0n) is 5.50. The van der Waals surface area contributed by atoms with E-state index in [4.69, 9.17) is 16.8 Å². The molecule has 0 radical (unpaired) electrons. The Labute approximate surface area is 63.4 Å². The number of nitrogens with zero attached hydrogens (tertiary/aromatic N) is 2. The van der Waals surface area contributed by atoms with Crippen LogP contribution in [0, 0.1) is 0 Å². The lowest BCUT2D eigenvalue weighted by molar-refractivity contribution is -0.0731. The quantitative estimate of drug-likeness (QED) is 0.634. The standard InChI is InChI=1S/C5H8ClN3O/c1-9(10)3-4-2-7-8-5(4)6/h2,10H,3H2,1H3,(H,7,8). The Morgan fingerprint density at radius 1 is 1.90 bits per heavy atom. The van der Waals surface area contributed by atoms with Gasteiger partial charge in [0.05, 0.1) is 12.7 Å². The molecule has 0 saturated heterocycles. The van der Waals surface area contributed by atoms with Gasteiger partial charge in [0.25, 0.3) is 0 Å². The lowest BCUT2D eigenvalue weighted by Crippen LogP contribution is -2.11. The lowest BCUT2D eigenvalue weighted by Gasteiger charge is -2.04. The van der Waals surface area contributed by atoms with Crippen molar-refractivity contribution in [2.24, 2.45) is 0 Å². The topological polar surface area (TPSA) is 52.1 Å². The van der Waals surface area contributed by atoms with Crippen LogP contribution in [0.25, 0.3) is 0 Å². The van der Waals surface area contributed by atoms with E-state index in [9.17, 15) is 0 Å². The average Bonchev–Trinajstić information content (AvgIpc) is 2.15. The highest BCUT2D eigenvalue weighted by Crippen LogP contribution is 2.11. The fourth-order valence-corrected chi connectivity index (χ4v) is 0.809. The molecule has 10 heavy (non-hydrogen) atoms. The Morgan fingerprint density at radius 3 is 3.00 bits per heavy atom. The molecule has 0 atom stereocenters. The van der Waals surface area contributed by atoms with Crippen molar-refractivity contribution in [3.8, 4) is 0 Å². The van der Waals surface area contributed by atoms with Crippen LogP contribution in [0.3, 0.4) is 0 Å². The van der Waals surface area contributed by atoms with Crippen molar-refractivity contribution in [3.05, 3.63) is 16.9 Å². The molecule has 0 aromatic carbocycles. The minimum Gasteiger partial charge on any atom is -0.314 e. The highest BCUT2D eigenvalue weighted by Gasteiger charge is 2.02. The summed E-state index contributed by atoms with van der Waals surface area (Å²) in [6, 6.07) is 0. The van der Waals surface area contributed by atoms with Crippen molar-refractivity contribution in [2.45, 2.75) is 6.54 Å². The maximum atomic E-state index is 8.78. The van der Waals surface area contributed by atoms with Crippen LogP contribution in [0.5, 0.6) is 0 Å². The van der Waals surface area contributed by atoms with Gasteiger partial charge in [-0.3, -0.25) is 5.10 Å². The molecular weight excluding hydrogens is 154 g/mol. The number of hydrogen-bond donors (Lipinski definition) is 2. The van der Waals surface area contributed by atoms with E-state index in [0.717, 1.165) is 10.6 Å². The summed E-state index contributed by atoms with van der Waals surface area (Å²) in [5.74, 6) is 0. The summed E-state index contributed by atoms with van der Waals surface area (Å²) in [6.45, 7) is 0.384. The molecule has 0 aliphatic rings. The number of hydrogen-bond acceptors (Lipinski definition) is 3. The SMILES string of the molecule is CN(O)Cc1cn[nH]c1Cl. The molecule has 0 unspecified atom stereocenters. The molecule has 0 spiro atoms. The van der Waals surface area contributed by atoms with E-state index in [-0.39, 0.29) is 0 Å². The number of hydroxylamine groups is 2. The molecule has 0 aliphatic carbocycles. The normalized spacial score (nSPS) is 10.8. The smallest absolute Gasteiger partial charge is 0.128 e. The molecule has 0 fully saturated rings. The van der Waals surface area contributed by atoms with E-state index in [2.05, 4.69) is 10.2 Å². The Bertz CT molecular complexity index is 210. The largest absolute Gasteiger partial charge is 0.314 e. The van der Waals surface area contributed by atoms with Crippen molar-refractivity contribution < 1.29 is 5.21 Å². The van der Waals surface area contributed by atoms with Gasteiger partial charge in [0.1, 0.15) is 5.15 Å². The first-order valence-corrected chi connectivity index (χ1v) is 3.15. The van der Waals surface area contributed by atoms with Gasteiger partial charge < -0.3 is 5.21 Å². The minimum atomic E-state index is 0.384. The fraction of sp³-hybridized carbons (Fsp3) is 0.400. The molecule has 0 aliphatic heterocycles. The molecule has 0 bridgehead atoms. The van der Waals surface area contributed by atoms with Crippen molar-refractivity contribution in [3.63, 3.8) is 0 Å². The third kappa shape index (κ3) is 1.70. The maximum absolute atomic E-state index is 8.78. The van der Waals surface area contributed by atoms with E-state index in [1.807, 2.05) is 0 Å². The van der Waals surface area contributed by atoms with Crippen LogP contribution in [0.15, 0.2) is 6.20 Å². The van der Waals surface area contributed by atoms with E-state index < -0.39 is 0 Å². The predicted octanol–water partition coefficient (Wildman–Crippen LogP) is 0.884. The van der Waals surface area contributed by atoms with Gasteiger partial charge in [-0.05, 0) is 0 Å². The van der Waals surface area contributed by atoms with Crippen molar-refractivity contribution in [1.82, 2.24) is 15.3 Å². The summed E-state index contributed by atoms with van der Waals surface area (Å²) in [5, 5.41) is 16.5.